The maximum absolute atomic E-state index is 12.9. The molecule has 1 aliphatic rings. The molecule has 1 aromatic heterocycles. The number of nitrogens with zero attached hydrogens (tertiary/aromatic N) is 1. The largest absolute Gasteiger partial charge is 0.476 e. The quantitative estimate of drug-likeness (QED) is 0.449. The van der Waals surface area contributed by atoms with Crippen LogP contribution < -0.4 is 10.6 Å². The lowest BCUT2D eigenvalue weighted by atomic mass is 9.86. The summed E-state index contributed by atoms with van der Waals surface area (Å²) in [5.74, 6) is -1.61. The van der Waals surface area contributed by atoms with E-state index in [2.05, 4.69) is 27.8 Å². The number of hydrogen-bond acceptors (Lipinski definition) is 6. The van der Waals surface area contributed by atoms with Crippen LogP contribution in [0.4, 0.5) is 4.79 Å². The number of aromatic nitrogens is 1. The molecule has 9 heteroatoms. The number of amides is 2. The van der Waals surface area contributed by atoms with Crippen molar-refractivity contribution >= 4 is 29.3 Å². The summed E-state index contributed by atoms with van der Waals surface area (Å²) in [6.07, 6.45) is -0.677. The summed E-state index contributed by atoms with van der Waals surface area (Å²) >= 11 is 1.15. The van der Waals surface area contributed by atoms with Crippen molar-refractivity contribution in [2.45, 2.75) is 39.3 Å². The molecule has 1 atom stereocenters. The lowest BCUT2D eigenvalue weighted by Crippen LogP contribution is -2.53. The van der Waals surface area contributed by atoms with Gasteiger partial charge in [0.15, 0.2) is 5.69 Å². The van der Waals surface area contributed by atoms with Crippen LogP contribution in [-0.4, -0.2) is 40.7 Å². The van der Waals surface area contributed by atoms with Gasteiger partial charge in [0, 0.05) is 11.3 Å². The highest BCUT2D eigenvalue weighted by Gasteiger charge is 2.34. The molecule has 182 valence electrons. The minimum Gasteiger partial charge on any atom is -0.476 e. The van der Waals surface area contributed by atoms with E-state index < -0.39 is 29.4 Å². The second-order valence-electron chi connectivity index (χ2n) is 9.42. The molecule has 0 aliphatic heterocycles. The molecule has 1 heterocycles. The van der Waals surface area contributed by atoms with Crippen molar-refractivity contribution < 1.29 is 24.2 Å². The highest BCUT2D eigenvalue weighted by atomic mass is 32.1. The van der Waals surface area contributed by atoms with E-state index in [1.807, 2.05) is 57.2 Å². The smallest absolute Gasteiger partial charge is 0.407 e. The van der Waals surface area contributed by atoms with Gasteiger partial charge in [-0.1, -0.05) is 69.3 Å². The summed E-state index contributed by atoms with van der Waals surface area (Å²) < 4.78 is 5.60. The van der Waals surface area contributed by atoms with Crippen LogP contribution >= 0.6 is 11.3 Å². The summed E-state index contributed by atoms with van der Waals surface area (Å²) in [5.41, 5.74) is 3.83. The van der Waals surface area contributed by atoms with E-state index in [4.69, 9.17) is 9.84 Å². The molecular formula is C26H27N3O5S. The van der Waals surface area contributed by atoms with Crippen LogP contribution in [0, 0.1) is 5.41 Å². The maximum atomic E-state index is 12.9. The number of thiazole rings is 1. The highest BCUT2D eigenvalue weighted by molar-refractivity contribution is 7.09. The molecule has 0 saturated heterocycles. The summed E-state index contributed by atoms with van der Waals surface area (Å²) in [6.45, 7) is 5.73. The SMILES string of the molecule is CC(C)(C)C(NC(=O)OCC1c2ccccc2-c2ccccc21)C(=O)NCc1nc(C(=O)O)cs1. The third kappa shape index (κ3) is 5.35. The van der Waals surface area contributed by atoms with E-state index in [0.29, 0.717) is 5.01 Å². The van der Waals surface area contributed by atoms with Crippen molar-refractivity contribution in [3.8, 4) is 11.1 Å². The third-order valence-electron chi connectivity index (χ3n) is 5.92. The molecule has 8 nitrogen and oxygen atoms in total. The number of carbonyl (C=O) groups is 3. The zero-order valence-corrected chi connectivity index (χ0v) is 20.5. The van der Waals surface area contributed by atoms with Crippen LogP contribution in [-0.2, 0) is 16.1 Å². The molecule has 1 aliphatic carbocycles. The average molecular weight is 494 g/mol. The number of benzene rings is 2. The molecule has 3 aromatic rings. The number of carbonyl (C=O) groups excluding carboxylic acids is 2. The standard InChI is InChI=1S/C26H27N3O5S/c1-26(2,3)22(23(30)27-12-21-28-20(14-35-21)24(31)32)29-25(33)34-13-19-17-10-6-4-8-15(17)16-9-5-7-11-18(16)19/h4-11,14,19,22H,12-13H2,1-3H3,(H,27,30)(H,29,33)(H,31,32). The van der Waals surface area contributed by atoms with Crippen LogP contribution in [0.1, 0.15) is 53.3 Å². The normalized spacial score (nSPS) is 13.5. The summed E-state index contributed by atoms with van der Waals surface area (Å²) in [4.78, 5) is 40.6. The highest BCUT2D eigenvalue weighted by Crippen LogP contribution is 2.44. The van der Waals surface area contributed by atoms with Crippen molar-refractivity contribution in [2.24, 2.45) is 5.41 Å². The molecule has 0 bridgehead atoms. The van der Waals surface area contributed by atoms with E-state index in [0.717, 1.165) is 33.6 Å². The zero-order chi connectivity index (χ0) is 25.2. The van der Waals surface area contributed by atoms with Gasteiger partial charge in [0.1, 0.15) is 17.7 Å². The third-order valence-corrected chi connectivity index (χ3v) is 6.77. The zero-order valence-electron chi connectivity index (χ0n) is 19.7. The van der Waals surface area contributed by atoms with Gasteiger partial charge in [-0.25, -0.2) is 14.6 Å². The first-order chi connectivity index (χ1) is 16.6. The summed E-state index contributed by atoms with van der Waals surface area (Å²) in [5, 5.41) is 16.3. The Morgan fingerprint density at radius 1 is 1.06 bits per heavy atom. The number of hydrogen-bond donors (Lipinski definition) is 3. The van der Waals surface area contributed by atoms with Gasteiger partial charge in [-0.15, -0.1) is 11.3 Å². The average Bonchev–Trinajstić information content (AvgIpc) is 3.42. The van der Waals surface area contributed by atoms with Crippen molar-refractivity contribution in [1.82, 2.24) is 15.6 Å². The second-order valence-corrected chi connectivity index (χ2v) is 10.4. The monoisotopic (exact) mass is 493 g/mol. The van der Waals surface area contributed by atoms with E-state index >= 15 is 0 Å². The van der Waals surface area contributed by atoms with E-state index in [9.17, 15) is 14.4 Å². The van der Waals surface area contributed by atoms with E-state index in [-0.39, 0.29) is 24.8 Å². The number of alkyl carbamates (subject to hydrolysis) is 1. The Balaban J connectivity index is 1.39. The van der Waals surface area contributed by atoms with Crippen molar-refractivity contribution in [3.05, 3.63) is 75.7 Å². The molecule has 0 spiro atoms. The predicted octanol–water partition coefficient (Wildman–Crippen LogP) is 4.41. The van der Waals surface area contributed by atoms with Gasteiger partial charge in [-0.2, -0.15) is 0 Å². The fourth-order valence-electron chi connectivity index (χ4n) is 4.19. The lowest BCUT2D eigenvalue weighted by Gasteiger charge is -2.30. The Hall–Kier alpha value is -3.72. The van der Waals surface area contributed by atoms with Gasteiger partial charge in [0.05, 0.1) is 6.54 Å². The number of carboxylic acids is 1. The number of rotatable bonds is 7. The number of ether oxygens (including phenoxy) is 1. The predicted molar refractivity (Wildman–Crippen MR) is 132 cm³/mol. The van der Waals surface area contributed by atoms with Crippen LogP contribution in [0.5, 0.6) is 0 Å². The molecule has 0 saturated carbocycles. The number of aromatic carboxylic acids is 1. The fraction of sp³-hybridized carbons (Fsp3) is 0.308. The minimum absolute atomic E-state index is 0.0652. The number of fused-ring (bicyclic) bond motifs is 3. The van der Waals surface area contributed by atoms with Gasteiger partial charge >= 0.3 is 12.1 Å². The maximum Gasteiger partial charge on any atom is 0.407 e. The molecule has 3 N–H and O–H groups in total. The van der Waals surface area contributed by atoms with E-state index in [1.165, 1.54) is 5.38 Å². The molecule has 0 fully saturated rings. The molecule has 0 radical (unpaired) electrons. The van der Waals surface area contributed by atoms with Crippen molar-refractivity contribution in [1.29, 1.82) is 0 Å². The molecule has 4 rings (SSSR count). The van der Waals surface area contributed by atoms with Gasteiger partial charge in [0.25, 0.3) is 0 Å². The van der Waals surface area contributed by atoms with Crippen molar-refractivity contribution in [2.75, 3.05) is 6.61 Å². The molecule has 1 unspecified atom stereocenters. The van der Waals surface area contributed by atoms with Gasteiger partial charge in [0.2, 0.25) is 5.91 Å². The van der Waals surface area contributed by atoms with Gasteiger partial charge in [-0.3, -0.25) is 4.79 Å². The Kier molecular flexibility index (Phi) is 6.88. The van der Waals surface area contributed by atoms with E-state index in [1.54, 1.807) is 0 Å². The Morgan fingerprint density at radius 3 is 2.20 bits per heavy atom. The number of nitrogens with one attached hydrogen (secondary N) is 2. The fourth-order valence-corrected chi connectivity index (χ4v) is 4.90. The second kappa shape index (κ2) is 9.87. The van der Waals surface area contributed by atoms with Crippen LogP contribution in [0.15, 0.2) is 53.9 Å². The molecular weight excluding hydrogens is 466 g/mol. The first-order valence-corrected chi connectivity index (χ1v) is 12.1. The Morgan fingerprint density at radius 2 is 1.66 bits per heavy atom. The summed E-state index contributed by atoms with van der Waals surface area (Å²) in [6, 6.07) is 15.3. The Bertz CT molecular complexity index is 1220. The number of carboxylic acid groups (broad SMARTS) is 1. The van der Waals surface area contributed by atoms with Crippen LogP contribution in [0.2, 0.25) is 0 Å². The van der Waals surface area contributed by atoms with Gasteiger partial charge < -0.3 is 20.5 Å². The van der Waals surface area contributed by atoms with Crippen LogP contribution in [0.3, 0.4) is 0 Å². The molecule has 35 heavy (non-hydrogen) atoms. The van der Waals surface area contributed by atoms with Crippen LogP contribution in [0.25, 0.3) is 11.1 Å². The lowest BCUT2D eigenvalue weighted by molar-refractivity contribution is -0.125. The minimum atomic E-state index is -1.12. The Labute approximate surface area is 207 Å². The van der Waals surface area contributed by atoms with Gasteiger partial charge in [-0.05, 0) is 27.7 Å². The summed E-state index contributed by atoms with van der Waals surface area (Å²) in [7, 11) is 0. The molecule has 2 amide bonds. The topological polar surface area (TPSA) is 118 Å². The van der Waals surface area contributed by atoms with Crippen molar-refractivity contribution in [3.63, 3.8) is 0 Å². The first kappa shape index (κ1) is 24.4. The molecule has 2 aromatic carbocycles. The first-order valence-electron chi connectivity index (χ1n) is 11.2.